The SMILES string of the molecule is CCOc1cc(/C=C2\C(=O)NC(=O)N(c3ccc(C(=O)OC)cc3)C2=O)cc(Cl)c1OC(C)C. The molecule has 1 aliphatic rings. The van der Waals surface area contributed by atoms with Crippen LogP contribution in [0.25, 0.3) is 6.08 Å². The fourth-order valence-corrected chi connectivity index (χ4v) is 3.47. The van der Waals surface area contributed by atoms with Crippen LogP contribution in [-0.2, 0) is 14.3 Å². The Kier molecular flexibility index (Phi) is 7.57. The number of barbiturate groups is 1. The zero-order valence-corrected chi connectivity index (χ0v) is 19.8. The maximum atomic E-state index is 13.1. The van der Waals surface area contributed by atoms with Gasteiger partial charge in [-0.1, -0.05) is 11.6 Å². The molecule has 1 aliphatic heterocycles. The van der Waals surface area contributed by atoms with E-state index in [-0.39, 0.29) is 28.0 Å². The lowest BCUT2D eigenvalue weighted by Gasteiger charge is -2.26. The van der Waals surface area contributed by atoms with Crippen molar-refractivity contribution >= 4 is 47.2 Å². The third-order valence-corrected chi connectivity index (χ3v) is 4.93. The van der Waals surface area contributed by atoms with Gasteiger partial charge in [0.05, 0.1) is 36.1 Å². The molecule has 0 aliphatic carbocycles. The molecule has 0 radical (unpaired) electrons. The fourth-order valence-electron chi connectivity index (χ4n) is 3.21. The van der Waals surface area contributed by atoms with Gasteiger partial charge in [0.1, 0.15) is 5.57 Å². The number of nitrogens with zero attached hydrogens (tertiary/aromatic N) is 1. The average Bonchev–Trinajstić information content (AvgIpc) is 2.78. The van der Waals surface area contributed by atoms with Crippen molar-refractivity contribution in [2.45, 2.75) is 26.9 Å². The molecular weight excluding hydrogens is 464 g/mol. The summed E-state index contributed by atoms with van der Waals surface area (Å²) in [5.41, 5.74) is 0.526. The molecule has 1 fully saturated rings. The molecule has 3 rings (SSSR count). The summed E-state index contributed by atoms with van der Waals surface area (Å²) >= 11 is 6.38. The van der Waals surface area contributed by atoms with Gasteiger partial charge in [-0.3, -0.25) is 14.9 Å². The predicted molar refractivity (Wildman–Crippen MR) is 125 cm³/mol. The Bertz CT molecular complexity index is 1170. The van der Waals surface area contributed by atoms with E-state index in [1.165, 1.54) is 43.5 Å². The number of rotatable bonds is 7. The molecule has 178 valence electrons. The van der Waals surface area contributed by atoms with Gasteiger partial charge in [0.25, 0.3) is 11.8 Å². The Balaban J connectivity index is 1.99. The number of imide groups is 2. The Morgan fingerprint density at radius 3 is 2.41 bits per heavy atom. The Labute approximate surface area is 201 Å². The predicted octanol–water partition coefficient (Wildman–Crippen LogP) is 3.98. The monoisotopic (exact) mass is 486 g/mol. The standard InChI is InChI=1S/C24H23ClN2O7/c1-5-33-19-12-14(11-18(25)20(19)34-13(2)3)10-17-21(28)26-24(31)27(22(17)29)16-8-6-15(7-9-16)23(30)32-4/h6-13H,5H2,1-4H3,(H,26,28,31)/b17-10+. The van der Waals surface area contributed by atoms with Crippen molar-refractivity contribution in [1.82, 2.24) is 5.32 Å². The highest BCUT2D eigenvalue weighted by Gasteiger charge is 2.37. The highest BCUT2D eigenvalue weighted by molar-refractivity contribution is 6.39. The number of hydrogen-bond acceptors (Lipinski definition) is 7. The number of methoxy groups -OCH3 is 1. The van der Waals surface area contributed by atoms with Crippen LogP contribution in [0.3, 0.4) is 0 Å². The smallest absolute Gasteiger partial charge is 0.337 e. The van der Waals surface area contributed by atoms with Crippen LogP contribution >= 0.6 is 11.6 Å². The molecule has 1 N–H and O–H groups in total. The summed E-state index contributed by atoms with van der Waals surface area (Å²) in [7, 11) is 1.24. The minimum absolute atomic E-state index is 0.156. The number of amides is 4. The van der Waals surface area contributed by atoms with E-state index in [9.17, 15) is 19.2 Å². The first-order valence-electron chi connectivity index (χ1n) is 10.4. The van der Waals surface area contributed by atoms with Crippen molar-refractivity contribution in [3.63, 3.8) is 0 Å². The lowest BCUT2D eigenvalue weighted by atomic mass is 10.1. The molecule has 10 heteroatoms. The molecule has 0 atom stereocenters. The Hall–Kier alpha value is -3.85. The largest absolute Gasteiger partial charge is 0.490 e. The van der Waals surface area contributed by atoms with Gasteiger partial charge in [0.2, 0.25) is 0 Å². The molecule has 34 heavy (non-hydrogen) atoms. The van der Waals surface area contributed by atoms with Gasteiger partial charge in [0.15, 0.2) is 11.5 Å². The van der Waals surface area contributed by atoms with Crippen molar-refractivity contribution in [1.29, 1.82) is 0 Å². The maximum absolute atomic E-state index is 13.1. The number of halogens is 1. The van der Waals surface area contributed by atoms with Crippen molar-refractivity contribution in [2.24, 2.45) is 0 Å². The summed E-state index contributed by atoms with van der Waals surface area (Å²) in [5, 5.41) is 2.38. The number of benzene rings is 2. The number of carbonyl (C=O) groups excluding carboxylic acids is 4. The van der Waals surface area contributed by atoms with Crippen LogP contribution < -0.4 is 19.7 Å². The Morgan fingerprint density at radius 2 is 1.82 bits per heavy atom. The van der Waals surface area contributed by atoms with Crippen LogP contribution in [-0.4, -0.2) is 43.6 Å². The van der Waals surface area contributed by atoms with Crippen LogP contribution in [0.5, 0.6) is 11.5 Å². The molecule has 0 saturated carbocycles. The van der Waals surface area contributed by atoms with Crippen LogP contribution in [0.2, 0.25) is 5.02 Å². The van der Waals surface area contributed by atoms with E-state index in [0.717, 1.165) is 4.90 Å². The second-order valence-electron chi connectivity index (χ2n) is 7.43. The first-order chi connectivity index (χ1) is 16.2. The third-order valence-electron chi connectivity index (χ3n) is 4.64. The minimum Gasteiger partial charge on any atom is -0.490 e. The molecular formula is C24H23ClN2O7. The summed E-state index contributed by atoms with van der Waals surface area (Å²) in [6.07, 6.45) is 1.16. The van der Waals surface area contributed by atoms with Crippen LogP contribution in [0.4, 0.5) is 10.5 Å². The van der Waals surface area contributed by atoms with Gasteiger partial charge in [-0.2, -0.15) is 0 Å². The molecule has 4 amide bonds. The van der Waals surface area contributed by atoms with Crippen LogP contribution in [0, 0.1) is 0 Å². The fraction of sp³-hybridized carbons (Fsp3) is 0.250. The molecule has 2 aromatic carbocycles. The normalized spacial score (nSPS) is 14.9. The number of nitrogens with one attached hydrogen (secondary N) is 1. The van der Waals surface area contributed by atoms with E-state index in [2.05, 4.69) is 10.1 Å². The second kappa shape index (κ2) is 10.4. The molecule has 0 unspecified atom stereocenters. The molecule has 0 aromatic heterocycles. The topological polar surface area (TPSA) is 111 Å². The van der Waals surface area contributed by atoms with Gasteiger partial charge >= 0.3 is 12.0 Å². The van der Waals surface area contributed by atoms with Crippen molar-refractivity contribution in [3.8, 4) is 11.5 Å². The van der Waals surface area contributed by atoms with Crippen LogP contribution in [0.15, 0.2) is 42.0 Å². The van der Waals surface area contributed by atoms with Gasteiger partial charge in [-0.25, -0.2) is 14.5 Å². The van der Waals surface area contributed by atoms with Crippen molar-refractivity contribution < 1.29 is 33.4 Å². The summed E-state index contributed by atoms with van der Waals surface area (Å²) in [4.78, 5) is 50.5. The molecule has 2 aromatic rings. The number of ether oxygens (including phenoxy) is 3. The second-order valence-corrected chi connectivity index (χ2v) is 7.83. The zero-order chi connectivity index (χ0) is 25.0. The number of anilines is 1. The first kappa shape index (κ1) is 24.8. The molecule has 0 spiro atoms. The zero-order valence-electron chi connectivity index (χ0n) is 19.0. The summed E-state index contributed by atoms with van der Waals surface area (Å²) < 4.78 is 16.0. The highest BCUT2D eigenvalue weighted by atomic mass is 35.5. The molecule has 0 bridgehead atoms. The lowest BCUT2D eigenvalue weighted by Crippen LogP contribution is -2.54. The van der Waals surface area contributed by atoms with Crippen molar-refractivity contribution in [3.05, 3.63) is 58.1 Å². The van der Waals surface area contributed by atoms with Crippen molar-refractivity contribution in [2.75, 3.05) is 18.6 Å². The van der Waals surface area contributed by atoms with E-state index in [1.807, 2.05) is 13.8 Å². The van der Waals surface area contributed by atoms with E-state index in [1.54, 1.807) is 13.0 Å². The quantitative estimate of drug-likeness (QED) is 0.358. The number of esters is 1. The van der Waals surface area contributed by atoms with Gasteiger partial charge < -0.3 is 14.2 Å². The summed E-state index contributed by atoms with van der Waals surface area (Å²) in [5.74, 6) is -1.55. The first-order valence-corrected chi connectivity index (χ1v) is 10.8. The van der Waals surface area contributed by atoms with Gasteiger partial charge in [0, 0.05) is 0 Å². The Morgan fingerprint density at radius 1 is 1.15 bits per heavy atom. The third kappa shape index (κ3) is 5.20. The van der Waals surface area contributed by atoms with Gasteiger partial charge in [-0.15, -0.1) is 0 Å². The number of carbonyl (C=O) groups is 4. The maximum Gasteiger partial charge on any atom is 0.337 e. The van der Waals surface area contributed by atoms with E-state index in [0.29, 0.717) is 23.7 Å². The van der Waals surface area contributed by atoms with E-state index < -0.39 is 23.8 Å². The summed E-state index contributed by atoms with van der Waals surface area (Å²) in [6, 6.07) is 7.82. The molecule has 1 heterocycles. The molecule has 9 nitrogen and oxygen atoms in total. The average molecular weight is 487 g/mol. The van der Waals surface area contributed by atoms with Gasteiger partial charge in [-0.05, 0) is 68.8 Å². The van der Waals surface area contributed by atoms with E-state index in [4.69, 9.17) is 21.1 Å². The summed E-state index contributed by atoms with van der Waals surface area (Å²) in [6.45, 7) is 5.83. The van der Waals surface area contributed by atoms with E-state index >= 15 is 0 Å². The highest BCUT2D eigenvalue weighted by Crippen LogP contribution is 2.38. The molecule has 1 saturated heterocycles. The number of hydrogen-bond donors (Lipinski definition) is 1. The minimum atomic E-state index is -0.910. The number of urea groups is 1. The lowest BCUT2D eigenvalue weighted by molar-refractivity contribution is -0.122. The van der Waals surface area contributed by atoms with Crippen LogP contribution in [0.1, 0.15) is 36.7 Å².